The van der Waals surface area contributed by atoms with Gasteiger partial charge in [-0.05, 0) is 44.0 Å². The first-order valence-corrected chi connectivity index (χ1v) is 17.0. The van der Waals surface area contributed by atoms with Gasteiger partial charge in [0.2, 0.25) is 12.3 Å². The molecule has 0 radical (unpaired) electrons. The van der Waals surface area contributed by atoms with Crippen molar-refractivity contribution in [2.75, 3.05) is 37.2 Å². The van der Waals surface area contributed by atoms with Gasteiger partial charge in [0.1, 0.15) is 34.4 Å². The number of hydrogen-bond acceptors (Lipinski definition) is 11. The van der Waals surface area contributed by atoms with Gasteiger partial charge >= 0.3 is 6.09 Å². The van der Waals surface area contributed by atoms with Crippen molar-refractivity contribution in [2.45, 2.75) is 82.2 Å². The number of carbonyl (C=O) groups excluding carboxylic acids is 2. The van der Waals surface area contributed by atoms with Gasteiger partial charge in [0, 0.05) is 32.6 Å². The molecule has 5 rings (SSSR count). The van der Waals surface area contributed by atoms with E-state index >= 15 is 0 Å². The van der Waals surface area contributed by atoms with Crippen molar-refractivity contribution in [3.63, 3.8) is 0 Å². The van der Waals surface area contributed by atoms with Crippen LogP contribution < -0.4 is 26.0 Å². The Kier molecular flexibility index (Phi) is 11.6. The fraction of sp³-hybridized carbons (Fsp3) is 0.486. The monoisotopic (exact) mass is 752 g/mol. The zero-order valence-electron chi connectivity index (χ0n) is 29.0. The van der Waals surface area contributed by atoms with Crippen LogP contribution in [0.5, 0.6) is 5.75 Å². The summed E-state index contributed by atoms with van der Waals surface area (Å²) in [6, 6.07) is 5.64. The van der Waals surface area contributed by atoms with E-state index in [1.165, 1.54) is 19.1 Å². The van der Waals surface area contributed by atoms with E-state index in [9.17, 15) is 24.2 Å². The largest absolute Gasteiger partial charge is 0.495 e. The van der Waals surface area contributed by atoms with Gasteiger partial charge in [-0.3, -0.25) is 10.1 Å². The summed E-state index contributed by atoms with van der Waals surface area (Å²) in [5.74, 6) is -1.40. The Morgan fingerprint density at radius 3 is 2.65 bits per heavy atom. The molecule has 0 saturated carbocycles. The number of nitrogens with two attached hydrogens (primary N) is 1. The highest BCUT2D eigenvalue weighted by Gasteiger charge is 2.64. The second-order valence-corrected chi connectivity index (χ2v) is 14.1. The number of ether oxygens (including phenoxy) is 5. The minimum atomic E-state index is -1.75. The molecule has 6 N–H and O–H groups in total. The molecule has 2 fully saturated rings. The number of fused-ring (bicyclic) bond motifs is 5. The van der Waals surface area contributed by atoms with E-state index in [-0.39, 0.29) is 34.3 Å². The van der Waals surface area contributed by atoms with Gasteiger partial charge in [0.15, 0.2) is 5.72 Å². The predicted molar refractivity (Wildman–Crippen MR) is 189 cm³/mol. The summed E-state index contributed by atoms with van der Waals surface area (Å²) in [6.45, 7) is 5.40. The highest BCUT2D eigenvalue weighted by Crippen LogP contribution is 2.49. The molecule has 0 spiro atoms. The van der Waals surface area contributed by atoms with E-state index in [4.69, 9.17) is 52.6 Å². The average Bonchev–Trinajstić information content (AvgIpc) is 3.76. The standard InChI is InChI=1S/C35H43Cl2FN4O9/c1-17-8-7-9-27(48-6)35(46)16-26(49-33(45)41-35)18(2)31-34(3,51-31)28(50-32(44)40-23-13-20(36)21(38)14-22(23)39)15-29(43)42(4)24-11-19(10-17)12-25(47-5)30(24)37/h7-9,11-14,18,26-28,31,33,41,45-46H,10,15-16,39H2,1-6H3,(H,40,44)/b9-7+,17-8+/t18-,26+,27-,28+,31+,33?,34+,35+/m1/s1. The molecule has 13 nitrogen and oxygen atoms in total. The zero-order chi connectivity index (χ0) is 37.4. The van der Waals surface area contributed by atoms with Crippen molar-refractivity contribution in [2.24, 2.45) is 5.92 Å². The molecule has 2 amide bonds. The number of epoxide rings is 1. The first kappa shape index (κ1) is 38.8. The number of nitrogens with one attached hydrogen (secondary N) is 2. The quantitative estimate of drug-likeness (QED) is 0.212. The molecule has 51 heavy (non-hydrogen) atoms. The molecule has 8 atom stereocenters. The fourth-order valence-corrected chi connectivity index (χ4v) is 7.13. The smallest absolute Gasteiger partial charge is 0.412 e. The summed E-state index contributed by atoms with van der Waals surface area (Å²) < 4.78 is 43.0. The van der Waals surface area contributed by atoms with Gasteiger partial charge in [-0.25, -0.2) is 14.5 Å². The number of halogens is 3. The second kappa shape index (κ2) is 15.2. The maximum atomic E-state index is 14.0. The van der Waals surface area contributed by atoms with Crippen molar-refractivity contribution in [1.29, 1.82) is 0 Å². The fourth-order valence-electron chi connectivity index (χ4n) is 6.66. The van der Waals surface area contributed by atoms with E-state index < -0.39 is 65.9 Å². The van der Waals surface area contributed by atoms with Crippen molar-refractivity contribution in [3.05, 3.63) is 69.5 Å². The Morgan fingerprint density at radius 2 is 1.96 bits per heavy atom. The number of aliphatic hydroxyl groups is 2. The zero-order valence-corrected chi connectivity index (χ0v) is 30.5. The van der Waals surface area contributed by atoms with E-state index in [0.717, 1.165) is 23.3 Å². The maximum absolute atomic E-state index is 14.0. The second-order valence-electron chi connectivity index (χ2n) is 13.3. The molecule has 4 bridgehead atoms. The molecular weight excluding hydrogens is 710 g/mol. The van der Waals surface area contributed by atoms with Gasteiger partial charge in [-0.2, -0.15) is 0 Å². The lowest BCUT2D eigenvalue weighted by molar-refractivity contribution is -0.270. The molecule has 2 aromatic rings. The highest BCUT2D eigenvalue weighted by atomic mass is 35.5. The molecular formula is C35H43Cl2FN4O9. The Hall–Kier alpha value is -3.47. The molecule has 3 aliphatic heterocycles. The number of benzene rings is 2. The van der Waals surface area contributed by atoms with Crippen molar-refractivity contribution in [1.82, 2.24) is 5.32 Å². The summed E-state index contributed by atoms with van der Waals surface area (Å²) >= 11 is 12.6. The number of carbonyl (C=O) groups is 2. The lowest BCUT2D eigenvalue weighted by atomic mass is 9.83. The summed E-state index contributed by atoms with van der Waals surface area (Å²) in [5, 5.41) is 27.5. The molecule has 0 aliphatic carbocycles. The van der Waals surface area contributed by atoms with Gasteiger partial charge < -0.3 is 44.5 Å². The minimum Gasteiger partial charge on any atom is -0.495 e. The summed E-state index contributed by atoms with van der Waals surface area (Å²) in [5.41, 5.74) is 4.89. The average molecular weight is 754 g/mol. The number of aliphatic hydroxyl groups excluding tert-OH is 1. The molecule has 3 heterocycles. The van der Waals surface area contributed by atoms with Crippen LogP contribution in [-0.4, -0.2) is 85.6 Å². The predicted octanol–water partition coefficient (Wildman–Crippen LogP) is 4.90. The molecule has 0 aromatic heterocycles. The van der Waals surface area contributed by atoms with Crippen LogP contribution in [0, 0.1) is 11.7 Å². The SMILES string of the molecule is COc1cc2cc(c1Cl)N(C)C(=O)C[C@H](OC(=O)Nc1cc(Cl)c(F)cc1N)[C@]1(C)O[C@H]1[C@H](C)[C@@H]1C[C@@](O)(NC(O)O1)[C@H](OC)/C=C/C=C(\C)C2. The third-order valence-electron chi connectivity index (χ3n) is 9.63. The van der Waals surface area contributed by atoms with Crippen LogP contribution in [0.1, 0.15) is 39.2 Å². The van der Waals surface area contributed by atoms with Gasteiger partial charge in [0.05, 0.1) is 47.8 Å². The van der Waals surface area contributed by atoms with Crippen molar-refractivity contribution < 1.29 is 47.9 Å². The number of nitrogens with zero attached hydrogens (tertiary/aromatic N) is 1. The number of allylic oxidation sites excluding steroid dienone is 3. The first-order valence-electron chi connectivity index (χ1n) is 16.2. The van der Waals surface area contributed by atoms with Crippen molar-refractivity contribution >= 4 is 52.3 Å². The van der Waals surface area contributed by atoms with Gasteiger partial charge in [-0.15, -0.1) is 0 Å². The first-order chi connectivity index (χ1) is 24.0. The Bertz CT molecular complexity index is 1730. The topological polar surface area (TPSA) is 177 Å². The maximum Gasteiger partial charge on any atom is 0.412 e. The number of amides is 2. The molecule has 3 aliphatic rings. The van der Waals surface area contributed by atoms with Crippen LogP contribution in [0.2, 0.25) is 10.0 Å². The number of rotatable bonds is 4. The molecule has 2 aromatic carbocycles. The van der Waals surface area contributed by atoms with Gasteiger partial charge in [0.25, 0.3) is 0 Å². The number of nitrogen functional groups attached to an aromatic ring is 1. The Balaban J connectivity index is 1.54. The summed E-state index contributed by atoms with van der Waals surface area (Å²) in [4.78, 5) is 28.7. The van der Waals surface area contributed by atoms with E-state index in [1.807, 2.05) is 13.0 Å². The van der Waals surface area contributed by atoms with Crippen LogP contribution in [0.25, 0.3) is 0 Å². The summed E-state index contributed by atoms with van der Waals surface area (Å²) in [7, 11) is 4.46. The highest BCUT2D eigenvalue weighted by molar-refractivity contribution is 6.35. The van der Waals surface area contributed by atoms with Gasteiger partial charge in [-0.1, -0.05) is 53.9 Å². The number of anilines is 3. The number of hydrogen-bond donors (Lipinski definition) is 5. The van der Waals surface area contributed by atoms with Crippen LogP contribution in [-0.2, 0) is 30.2 Å². The van der Waals surface area contributed by atoms with E-state index in [1.54, 1.807) is 45.2 Å². The lowest BCUT2D eigenvalue weighted by Gasteiger charge is -2.44. The summed E-state index contributed by atoms with van der Waals surface area (Å²) in [6.07, 6.45) is -0.741. The third kappa shape index (κ3) is 8.28. The minimum absolute atomic E-state index is 0.00380. The van der Waals surface area contributed by atoms with Crippen LogP contribution in [0.3, 0.4) is 0 Å². The Morgan fingerprint density at radius 1 is 1.24 bits per heavy atom. The molecule has 16 heteroatoms. The molecule has 1 unspecified atom stereocenters. The third-order valence-corrected chi connectivity index (χ3v) is 10.3. The number of methoxy groups -OCH3 is 2. The van der Waals surface area contributed by atoms with E-state index in [2.05, 4.69) is 10.6 Å². The normalized spacial score (nSPS) is 33.0. The van der Waals surface area contributed by atoms with Crippen LogP contribution >= 0.6 is 23.2 Å². The lowest BCUT2D eigenvalue weighted by Crippen LogP contribution is -2.65. The Labute approximate surface area is 305 Å². The van der Waals surface area contributed by atoms with Crippen molar-refractivity contribution in [3.8, 4) is 5.75 Å². The van der Waals surface area contributed by atoms with E-state index in [0.29, 0.717) is 17.9 Å². The van der Waals surface area contributed by atoms with Crippen LogP contribution in [0.4, 0.5) is 26.2 Å². The molecule has 278 valence electrons. The molecule has 2 saturated heterocycles. The van der Waals surface area contributed by atoms with Crippen LogP contribution in [0.15, 0.2) is 48.1 Å².